The smallest absolute Gasteiger partial charge is 0.240 e. The van der Waals surface area contributed by atoms with Crippen LogP contribution in [0.3, 0.4) is 0 Å². The molecule has 0 radical (unpaired) electrons. The number of ether oxygens (including phenoxy) is 4. The van der Waals surface area contributed by atoms with Gasteiger partial charge in [0.05, 0.1) is 43.7 Å². The number of hydrogen-bond acceptors (Lipinski definition) is 15. The van der Waals surface area contributed by atoms with Gasteiger partial charge in [0.25, 0.3) is 0 Å². The van der Waals surface area contributed by atoms with Crippen LogP contribution < -0.4 is 46.9 Å². The Kier molecular flexibility index (Phi) is 13.1. The quantitative estimate of drug-likeness (QED) is 0.0784. The maximum Gasteiger partial charge on any atom is 0.240 e. The Bertz CT molecular complexity index is 2710. The highest BCUT2D eigenvalue weighted by Crippen LogP contribution is 2.48. The van der Waals surface area contributed by atoms with E-state index in [1.807, 2.05) is 0 Å². The summed E-state index contributed by atoms with van der Waals surface area (Å²) in [5.74, 6) is 2.48. The second-order valence-electron chi connectivity index (χ2n) is 16.1. The number of pyridine rings is 2. The average Bonchev–Trinajstić information content (AvgIpc) is 4.10. The number of nitrogens with one attached hydrogen (secondary N) is 2. The van der Waals surface area contributed by atoms with Crippen LogP contribution in [0, 0.1) is 16.6 Å². The number of nitrogens with two attached hydrogens (primary N) is 3. The summed E-state index contributed by atoms with van der Waals surface area (Å²) in [7, 11) is 3.12. The third-order valence-corrected chi connectivity index (χ3v) is 13.6. The van der Waals surface area contributed by atoms with Gasteiger partial charge in [-0.05, 0) is 99.3 Å². The number of rotatable bonds is 11. The van der Waals surface area contributed by atoms with Crippen LogP contribution in [0.25, 0.3) is 10.9 Å². The maximum atomic E-state index is 13.1. The Morgan fingerprint density at radius 1 is 0.846 bits per heavy atom. The molecule has 3 aromatic heterocycles. The Hall–Kier alpha value is -6.47. The highest BCUT2D eigenvalue weighted by molar-refractivity contribution is 7.99. The average molecular weight is 923 g/mol. The van der Waals surface area contributed by atoms with Gasteiger partial charge in [0.15, 0.2) is 17.3 Å². The molecule has 1 spiro atoms. The summed E-state index contributed by atoms with van der Waals surface area (Å²) in [6.45, 7) is 4.51. The molecular formula is C46H48ClFN10O6S. The first-order valence-electron chi connectivity index (χ1n) is 20.8. The Labute approximate surface area is 383 Å². The molecule has 3 aromatic carbocycles. The number of fused-ring (bicyclic) bond motifs is 1. The van der Waals surface area contributed by atoms with E-state index >= 15 is 0 Å². The molecule has 2 amide bonds. The second-order valence-corrected chi connectivity index (χ2v) is 17.5. The van der Waals surface area contributed by atoms with Crippen LogP contribution in [0.4, 0.5) is 33.2 Å². The predicted octanol–water partition coefficient (Wildman–Crippen LogP) is 7.71. The van der Waals surface area contributed by atoms with Crippen LogP contribution >= 0.6 is 23.4 Å². The molecule has 2 unspecified atom stereocenters. The van der Waals surface area contributed by atoms with E-state index in [0.29, 0.717) is 68.6 Å². The SMILES string of the molecule is CC1OCC2(CCN(c3cnc(Sc4ccnc(N)c4Cl)c(N)n3)CC2)C1N.COc1cc2nccc(Oc3ccc(NC(=O)C4(C(=O)Nc5ccc(F)cc5)CC4)cc3)c2cc1OC. The topological polar surface area (TPSA) is 228 Å². The number of piperidine rings is 1. The van der Waals surface area contributed by atoms with Gasteiger partial charge in [-0.1, -0.05) is 23.4 Å². The van der Waals surface area contributed by atoms with Crippen LogP contribution in [0.1, 0.15) is 32.6 Å². The zero-order chi connectivity index (χ0) is 45.9. The molecule has 16 nitrogen and oxygen atoms in total. The molecule has 0 bridgehead atoms. The summed E-state index contributed by atoms with van der Waals surface area (Å²) in [6.07, 6.45) is 7.95. The number of nitrogen functional groups attached to an aromatic ring is 2. The highest BCUT2D eigenvalue weighted by Gasteiger charge is 2.56. The van der Waals surface area contributed by atoms with Gasteiger partial charge in [0.2, 0.25) is 11.8 Å². The molecule has 8 N–H and O–H groups in total. The zero-order valence-electron chi connectivity index (χ0n) is 35.8. The number of benzene rings is 3. The van der Waals surface area contributed by atoms with Crippen molar-refractivity contribution in [3.8, 4) is 23.0 Å². The van der Waals surface area contributed by atoms with Crippen molar-refractivity contribution in [3.63, 3.8) is 0 Å². The largest absolute Gasteiger partial charge is 0.493 e. The minimum atomic E-state index is -1.14. The van der Waals surface area contributed by atoms with Gasteiger partial charge in [-0.25, -0.2) is 19.3 Å². The van der Waals surface area contributed by atoms with Crippen molar-refractivity contribution in [2.75, 3.05) is 60.9 Å². The molecule has 3 fully saturated rings. The molecule has 3 aliphatic rings. The fraction of sp³-hybridized carbons (Fsp3) is 0.304. The molecule has 9 rings (SSSR count). The maximum absolute atomic E-state index is 13.1. The summed E-state index contributed by atoms with van der Waals surface area (Å²) < 4.78 is 35.7. The van der Waals surface area contributed by atoms with Gasteiger partial charge < -0.3 is 51.7 Å². The van der Waals surface area contributed by atoms with E-state index in [0.717, 1.165) is 48.6 Å². The zero-order valence-corrected chi connectivity index (χ0v) is 37.4. The lowest BCUT2D eigenvalue weighted by molar-refractivity contribution is -0.131. The number of hydrogen-bond donors (Lipinski definition) is 5. The first-order chi connectivity index (χ1) is 31.3. The predicted molar refractivity (Wildman–Crippen MR) is 248 cm³/mol. The number of aromatic nitrogens is 4. The summed E-state index contributed by atoms with van der Waals surface area (Å²) in [6, 6.07) is 19.5. The first-order valence-corrected chi connectivity index (χ1v) is 22.0. The molecule has 65 heavy (non-hydrogen) atoms. The Balaban J connectivity index is 0.000000184. The van der Waals surface area contributed by atoms with Crippen LogP contribution in [0.15, 0.2) is 101 Å². The van der Waals surface area contributed by atoms with Gasteiger partial charge in [0.1, 0.15) is 39.4 Å². The van der Waals surface area contributed by atoms with Crippen molar-refractivity contribution in [3.05, 3.63) is 102 Å². The molecule has 2 saturated heterocycles. The van der Waals surface area contributed by atoms with Crippen LogP contribution in [0.2, 0.25) is 5.02 Å². The lowest BCUT2D eigenvalue weighted by atomic mass is 9.73. The fourth-order valence-electron chi connectivity index (χ4n) is 7.88. The van der Waals surface area contributed by atoms with Gasteiger partial charge in [-0.2, -0.15) is 0 Å². The van der Waals surface area contributed by atoms with Crippen molar-refractivity contribution in [2.24, 2.45) is 16.6 Å². The van der Waals surface area contributed by atoms with E-state index in [1.165, 1.54) is 36.0 Å². The molecule has 6 aromatic rings. The van der Waals surface area contributed by atoms with Gasteiger partial charge >= 0.3 is 0 Å². The highest BCUT2D eigenvalue weighted by atomic mass is 35.5. The fourth-order valence-corrected chi connectivity index (χ4v) is 8.89. The van der Waals surface area contributed by atoms with E-state index in [4.69, 9.17) is 47.7 Å². The lowest BCUT2D eigenvalue weighted by Gasteiger charge is -2.41. The Morgan fingerprint density at radius 3 is 2.08 bits per heavy atom. The van der Waals surface area contributed by atoms with Crippen LogP contribution in [-0.4, -0.2) is 77.8 Å². The molecule has 2 aliphatic heterocycles. The second kappa shape index (κ2) is 18.9. The number of anilines is 5. The summed E-state index contributed by atoms with van der Waals surface area (Å²) >= 11 is 7.53. The molecule has 1 aliphatic carbocycles. The molecule has 2 atom stereocenters. The van der Waals surface area contributed by atoms with Crippen molar-refractivity contribution >= 4 is 74.9 Å². The molecule has 1 saturated carbocycles. The normalized spacial score (nSPS) is 18.0. The number of halogens is 2. The molecule has 19 heteroatoms. The van der Waals surface area contributed by atoms with Gasteiger partial charge in [0, 0.05) is 64.7 Å². The molecule has 5 heterocycles. The van der Waals surface area contributed by atoms with E-state index in [9.17, 15) is 14.0 Å². The summed E-state index contributed by atoms with van der Waals surface area (Å²) in [4.78, 5) is 46.0. The molecule has 338 valence electrons. The van der Waals surface area contributed by atoms with E-state index in [1.54, 1.807) is 81.3 Å². The van der Waals surface area contributed by atoms with E-state index in [2.05, 4.69) is 42.4 Å². The van der Waals surface area contributed by atoms with Gasteiger partial charge in [-0.15, -0.1) is 0 Å². The lowest BCUT2D eigenvalue weighted by Crippen LogP contribution is -2.50. The minimum Gasteiger partial charge on any atom is -0.493 e. The molecular weight excluding hydrogens is 875 g/mol. The number of carbonyl (C=O) groups is 2. The summed E-state index contributed by atoms with van der Waals surface area (Å²) in [5.41, 5.74) is 18.9. The minimum absolute atomic E-state index is 0.0721. The third kappa shape index (κ3) is 9.66. The third-order valence-electron chi connectivity index (χ3n) is 12.0. The van der Waals surface area contributed by atoms with Crippen LogP contribution in [-0.2, 0) is 14.3 Å². The number of amides is 2. The first kappa shape index (κ1) is 45.1. The van der Waals surface area contributed by atoms with Crippen molar-refractivity contribution < 1.29 is 32.9 Å². The number of methoxy groups -OCH3 is 2. The van der Waals surface area contributed by atoms with Gasteiger partial charge in [-0.3, -0.25) is 14.6 Å². The standard InChI is InChI=1S/C28H24FN3O5.C18H24ClN7OS/c1-35-24-15-21-22(16-25(24)36-2)30-14-11-23(21)37-20-9-7-19(8-10-20)32-27(34)28(12-13-28)26(33)31-18-5-3-17(29)4-6-18;1-10-14(20)18(9-27-10)3-6-26(7-4-18)12-8-24-17(16(22)25-12)28-11-2-5-23-15(21)13(11)19/h3-11,14-16H,12-13H2,1-2H3,(H,31,33)(H,32,34);2,5,8,10,14H,3-4,6-7,9,20H2,1H3,(H2,21,23)(H2,22,25). The monoisotopic (exact) mass is 922 g/mol. The number of nitrogens with zero attached hydrogens (tertiary/aromatic N) is 5. The van der Waals surface area contributed by atoms with Crippen LogP contribution in [0.5, 0.6) is 23.0 Å². The van der Waals surface area contributed by atoms with Crippen molar-refractivity contribution in [1.82, 2.24) is 19.9 Å². The van der Waals surface area contributed by atoms with E-state index < -0.39 is 17.1 Å². The summed E-state index contributed by atoms with van der Waals surface area (Å²) in [5, 5.41) is 7.24. The number of carbonyl (C=O) groups excluding carboxylic acids is 2. The Morgan fingerprint density at radius 2 is 1.48 bits per heavy atom. The van der Waals surface area contributed by atoms with Crippen molar-refractivity contribution in [1.29, 1.82) is 0 Å². The van der Waals surface area contributed by atoms with Crippen molar-refractivity contribution in [2.45, 2.75) is 54.7 Å². The van der Waals surface area contributed by atoms with E-state index in [-0.39, 0.29) is 29.3 Å².